The minimum atomic E-state index is -1.43. The molecule has 3 aliphatic rings. The monoisotopic (exact) mass is 585 g/mol. The smallest absolute Gasteiger partial charge is 0.318 e. The van der Waals surface area contributed by atoms with E-state index in [4.69, 9.17) is 14.7 Å². The second kappa shape index (κ2) is 12.4. The number of piperazine rings is 1. The Labute approximate surface area is 252 Å². The van der Waals surface area contributed by atoms with Crippen LogP contribution in [0.5, 0.6) is 6.01 Å². The first kappa shape index (κ1) is 29.3. The molecule has 10 heteroatoms. The molecule has 3 aromatic rings. The van der Waals surface area contributed by atoms with Crippen molar-refractivity contribution < 1.29 is 14.2 Å². The number of likely N-dealkylation sites (tertiary alicyclic amines) is 1. The lowest BCUT2D eigenvalue weighted by Crippen LogP contribution is -2.57. The average Bonchev–Trinajstić information content (AvgIpc) is 3.43. The minimum Gasteiger partial charge on any atom is -0.462 e. The highest BCUT2D eigenvalue weighted by atomic mass is 19.1. The van der Waals surface area contributed by atoms with E-state index in [0.29, 0.717) is 44.8 Å². The van der Waals surface area contributed by atoms with Crippen molar-refractivity contribution in [3.8, 4) is 12.1 Å². The molecular weight excluding hydrogens is 545 g/mol. The van der Waals surface area contributed by atoms with Crippen LogP contribution in [0.2, 0.25) is 0 Å². The molecule has 0 spiro atoms. The number of hydrogen-bond donors (Lipinski definition) is 1. The number of nitriles is 1. The lowest BCUT2D eigenvalue weighted by Gasteiger charge is -2.43. The summed E-state index contributed by atoms with van der Waals surface area (Å²) in [4.78, 5) is 18.4. The van der Waals surface area contributed by atoms with Crippen LogP contribution in [0, 0.1) is 18.3 Å². The van der Waals surface area contributed by atoms with Gasteiger partial charge in [-0.15, -0.1) is 0 Å². The molecule has 3 aliphatic heterocycles. The van der Waals surface area contributed by atoms with Gasteiger partial charge in [-0.1, -0.05) is 36.9 Å². The number of hydrogen-bond acceptors (Lipinski definition) is 9. The Morgan fingerprint density at radius 2 is 1.95 bits per heavy atom. The van der Waals surface area contributed by atoms with Crippen LogP contribution in [0.1, 0.15) is 36.1 Å². The summed E-state index contributed by atoms with van der Waals surface area (Å²) in [6.45, 7) is 9.79. The molecule has 1 N–H and O–H groups in total. The van der Waals surface area contributed by atoms with Gasteiger partial charge >= 0.3 is 6.01 Å². The summed E-state index contributed by atoms with van der Waals surface area (Å²) in [5, 5.41) is 22.4. The third kappa shape index (κ3) is 5.90. The van der Waals surface area contributed by atoms with Crippen molar-refractivity contribution in [3.05, 3.63) is 65.6 Å². The molecule has 1 unspecified atom stereocenters. The van der Waals surface area contributed by atoms with Gasteiger partial charge in [0.1, 0.15) is 18.3 Å². The maximum Gasteiger partial charge on any atom is 0.318 e. The van der Waals surface area contributed by atoms with E-state index in [1.165, 1.54) is 22.0 Å². The van der Waals surface area contributed by atoms with Crippen molar-refractivity contribution in [2.75, 3.05) is 56.2 Å². The zero-order valence-electron chi connectivity index (χ0n) is 25.0. The molecule has 4 heterocycles. The zero-order valence-corrected chi connectivity index (χ0v) is 25.0. The van der Waals surface area contributed by atoms with Gasteiger partial charge in [0.25, 0.3) is 0 Å². The molecule has 0 amide bonds. The fourth-order valence-corrected chi connectivity index (χ4v) is 6.90. The first-order valence-corrected chi connectivity index (χ1v) is 15.2. The molecule has 3 atom stereocenters. The molecule has 0 bridgehead atoms. The summed E-state index contributed by atoms with van der Waals surface area (Å²) in [6, 6.07) is 15.4. The van der Waals surface area contributed by atoms with Crippen LogP contribution in [0.15, 0.2) is 48.8 Å². The number of halogens is 1. The number of rotatable bonds is 8. The highest BCUT2D eigenvalue weighted by Gasteiger charge is 2.35. The highest BCUT2D eigenvalue weighted by Crippen LogP contribution is 2.36. The van der Waals surface area contributed by atoms with E-state index < -0.39 is 12.1 Å². The number of likely N-dealkylation sites (N-methyl/N-ethyl adjacent to an activating group) is 1. The normalized spacial score (nSPS) is 21.9. The van der Waals surface area contributed by atoms with E-state index >= 15 is 0 Å². The summed E-state index contributed by atoms with van der Waals surface area (Å²) in [5.41, 5.74) is 4.46. The third-order valence-corrected chi connectivity index (χ3v) is 9.28. The van der Waals surface area contributed by atoms with Gasteiger partial charge in [0.2, 0.25) is 0 Å². The number of benzene rings is 2. The fourth-order valence-electron chi connectivity index (χ4n) is 6.90. The summed E-state index contributed by atoms with van der Waals surface area (Å²) in [7, 11) is 2.12. The lowest BCUT2D eigenvalue weighted by atomic mass is 9.99. The van der Waals surface area contributed by atoms with Gasteiger partial charge < -0.3 is 24.5 Å². The number of fused-ring (bicyclic) bond motifs is 2. The number of aliphatic hydroxyl groups is 1. The van der Waals surface area contributed by atoms with Gasteiger partial charge in [0.15, 0.2) is 6.23 Å². The summed E-state index contributed by atoms with van der Waals surface area (Å²) in [5.74, 6) is -0.00295. The topological polar surface area (TPSA) is 92.0 Å². The van der Waals surface area contributed by atoms with Crippen LogP contribution in [0.3, 0.4) is 0 Å². The summed E-state index contributed by atoms with van der Waals surface area (Å²) < 4.78 is 20.2. The summed E-state index contributed by atoms with van der Waals surface area (Å²) >= 11 is 0. The van der Waals surface area contributed by atoms with Crippen LogP contribution in [-0.2, 0) is 13.0 Å². The van der Waals surface area contributed by atoms with E-state index in [-0.39, 0.29) is 12.5 Å². The Bertz CT molecular complexity index is 1540. The number of ether oxygens (including phenoxy) is 1. The Morgan fingerprint density at radius 1 is 1.14 bits per heavy atom. The maximum atomic E-state index is 13.9. The lowest BCUT2D eigenvalue weighted by molar-refractivity contribution is -0.0167. The van der Waals surface area contributed by atoms with Gasteiger partial charge in [0.05, 0.1) is 24.7 Å². The van der Waals surface area contributed by atoms with Crippen LogP contribution in [-0.4, -0.2) is 89.6 Å². The third-order valence-electron chi connectivity index (χ3n) is 9.28. The predicted octanol–water partition coefficient (Wildman–Crippen LogP) is 4.18. The van der Waals surface area contributed by atoms with E-state index in [9.17, 15) is 14.8 Å². The van der Waals surface area contributed by atoms with Gasteiger partial charge in [-0.2, -0.15) is 15.2 Å². The molecule has 0 radical (unpaired) electrons. The largest absolute Gasteiger partial charge is 0.462 e. The van der Waals surface area contributed by atoms with E-state index in [1.54, 1.807) is 4.90 Å². The molecule has 0 saturated carbocycles. The first-order chi connectivity index (χ1) is 20.8. The molecule has 2 saturated heterocycles. The summed E-state index contributed by atoms with van der Waals surface area (Å²) in [6.07, 6.45) is 1.72. The first-order valence-electron chi connectivity index (χ1n) is 15.2. The standard InChI is InChI=1S/C33H40FN7O2/c1-22-7-4-8-24-9-5-11-29(30(22)24)39-16-13-27-28(20-39)36-33(43-21-26-10-6-15-38(26)3)37-31(27)40-17-18-41(32(42)23(2)34)25(19-40)12-14-35/h4-5,7-9,11,25-26,32,42H,2,6,10,12-13,15-21H2,1,3H3/t25-,26-,32?/m0/s1. The number of aromatic nitrogens is 2. The molecule has 2 fully saturated rings. The number of aryl methyl sites for hydroxylation is 1. The molecule has 43 heavy (non-hydrogen) atoms. The van der Waals surface area contributed by atoms with Crippen molar-refractivity contribution >= 4 is 22.3 Å². The molecule has 0 aliphatic carbocycles. The predicted molar refractivity (Wildman–Crippen MR) is 166 cm³/mol. The van der Waals surface area contributed by atoms with Crippen molar-refractivity contribution in [2.24, 2.45) is 0 Å². The Balaban J connectivity index is 1.33. The SMILES string of the molecule is C=C(F)C(O)N1CCN(c2nc(OC[C@@H]3CCCN3C)nc3c2CCN(c2cccc4cccc(C)c24)C3)C[C@@H]1CC#N. The Kier molecular flexibility index (Phi) is 8.48. The molecule has 226 valence electrons. The zero-order chi connectivity index (χ0) is 30.1. The van der Waals surface area contributed by atoms with Crippen molar-refractivity contribution in [3.63, 3.8) is 0 Å². The molecular formula is C33H40FN7O2. The quantitative estimate of drug-likeness (QED) is 0.418. The van der Waals surface area contributed by atoms with Gasteiger partial charge in [-0.05, 0) is 56.8 Å². The minimum absolute atomic E-state index is 0.152. The fraction of sp³-hybridized carbons (Fsp3) is 0.485. The number of anilines is 2. The molecule has 9 nitrogen and oxygen atoms in total. The molecule has 1 aromatic heterocycles. The van der Waals surface area contributed by atoms with Crippen LogP contribution < -0.4 is 14.5 Å². The number of nitrogens with zero attached hydrogens (tertiary/aromatic N) is 7. The van der Waals surface area contributed by atoms with Crippen molar-refractivity contribution in [1.29, 1.82) is 5.26 Å². The second-order valence-electron chi connectivity index (χ2n) is 12.0. The van der Waals surface area contributed by atoms with E-state index in [0.717, 1.165) is 49.4 Å². The van der Waals surface area contributed by atoms with Crippen LogP contribution in [0.25, 0.3) is 10.8 Å². The van der Waals surface area contributed by atoms with Crippen molar-refractivity contribution in [1.82, 2.24) is 19.8 Å². The van der Waals surface area contributed by atoms with Crippen molar-refractivity contribution in [2.45, 2.75) is 57.5 Å². The van der Waals surface area contributed by atoms with Gasteiger partial charge in [-0.3, -0.25) is 4.90 Å². The van der Waals surface area contributed by atoms with E-state index in [1.807, 2.05) is 0 Å². The van der Waals surface area contributed by atoms with E-state index in [2.05, 4.69) is 77.7 Å². The second-order valence-corrected chi connectivity index (χ2v) is 12.0. The Morgan fingerprint density at radius 3 is 2.70 bits per heavy atom. The molecule has 2 aromatic carbocycles. The van der Waals surface area contributed by atoms with Gasteiger partial charge in [-0.25, -0.2) is 4.39 Å². The Hall–Kier alpha value is -3.78. The van der Waals surface area contributed by atoms with Crippen LogP contribution >= 0.6 is 0 Å². The highest BCUT2D eigenvalue weighted by molar-refractivity contribution is 5.97. The van der Waals surface area contributed by atoms with Crippen LogP contribution in [0.4, 0.5) is 15.9 Å². The number of aliphatic hydroxyl groups excluding tert-OH is 1. The maximum absolute atomic E-state index is 13.9. The average molecular weight is 586 g/mol. The molecule has 6 rings (SSSR count). The van der Waals surface area contributed by atoms with Gasteiger partial charge in [0, 0.05) is 54.9 Å².